The third-order valence-corrected chi connectivity index (χ3v) is 4.38. The molecule has 0 bridgehead atoms. The number of hydrogen-bond acceptors (Lipinski definition) is 7. The maximum Gasteiger partial charge on any atom is 2.00 e. The van der Waals surface area contributed by atoms with Gasteiger partial charge in [-0.2, -0.15) is 0 Å². The van der Waals surface area contributed by atoms with Gasteiger partial charge in [0.25, 0.3) is 0 Å². The smallest absolute Gasteiger partial charge is 0.810 e. The van der Waals surface area contributed by atoms with Crippen molar-refractivity contribution in [2.24, 2.45) is 0 Å². The normalized spacial score (nSPS) is 11.8. The molecular formula is C2H4O7P2Zn2. The molecule has 0 saturated heterocycles. The summed E-state index contributed by atoms with van der Waals surface area (Å²) in [7, 11) is -11.1. The largest absolute Gasteiger partial charge is 2.00 e. The number of hydrogen-bond donors (Lipinski definition) is 1. The Bertz CT molecular complexity index is 197. The maximum absolute atomic E-state index is 9.95. The Kier molecular flexibility index (Phi) is 10.6. The fraction of sp³-hybridized carbons (Fsp3) is 1.00. The Morgan fingerprint density at radius 3 is 1.23 bits per heavy atom. The third-order valence-electron chi connectivity index (χ3n) is 0.893. The minimum absolute atomic E-state index is 0. The molecule has 1 N–H and O–H groups in total. The molecule has 0 rings (SSSR count). The van der Waals surface area contributed by atoms with Crippen molar-refractivity contribution in [2.75, 3.05) is 6.61 Å². The predicted molar refractivity (Wildman–Crippen MR) is 26.1 cm³/mol. The van der Waals surface area contributed by atoms with E-state index < -0.39 is 27.2 Å². The molecule has 0 aromatic rings. The van der Waals surface area contributed by atoms with Crippen LogP contribution in [0.2, 0.25) is 0 Å². The first-order valence-electron chi connectivity index (χ1n) is 2.34. The topological polar surface area (TPSA) is 147 Å². The fourth-order valence-corrected chi connectivity index (χ4v) is 2.16. The standard InChI is InChI=1S/C2H8O7P2.2Zn/c3-1-2(10(4,5)6)11(7,8)9;;/h2-3H,1H2,(H2,4,5,6)(H2,7,8,9);;/q;2*+2/p-4. The van der Waals surface area contributed by atoms with Crippen LogP contribution in [0.5, 0.6) is 0 Å². The molecular weight excluding hydrogens is 329 g/mol. The van der Waals surface area contributed by atoms with E-state index in [-0.39, 0.29) is 39.0 Å². The van der Waals surface area contributed by atoms with E-state index in [1.54, 1.807) is 0 Å². The third kappa shape index (κ3) is 7.44. The van der Waals surface area contributed by atoms with Crippen LogP contribution >= 0.6 is 15.2 Å². The van der Waals surface area contributed by atoms with Gasteiger partial charge >= 0.3 is 39.0 Å². The SMILES string of the molecule is O=P([O-])([O-])C(CO)P(=O)([O-])[O-].[Zn+2].[Zn+2]. The zero-order valence-corrected chi connectivity index (χ0v) is 14.2. The van der Waals surface area contributed by atoms with E-state index in [0.29, 0.717) is 0 Å². The molecule has 0 spiro atoms. The summed E-state index contributed by atoms with van der Waals surface area (Å²) in [6.45, 7) is -1.49. The zero-order valence-electron chi connectivity index (χ0n) is 6.49. The van der Waals surface area contributed by atoms with Crippen molar-refractivity contribution in [3.8, 4) is 0 Å². The molecule has 7 nitrogen and oxygen atoms in total. The molecule has 0 amide bonds. The van der Waals surface area contributed by atoms with Gasteiger partial charge < -0.3 is 33.8 Å². The summed E-state index contributed by atoms with van der Waals surface area (Å²) in [6.07, 6.45) is 0. The molecule has 0 aliphatic rings. The number of aliphatic hydroxyl groups excluding tert-OH is 1. The minimum Gasteiger partial charge on any atom is -0.810 e. The van der Waals surface area contributed by atoms with Gasteiger partial charge in [0, 0.05) is 5.40 Å². The monoisotopic (exact) mass is 330 g/mol. The first-order valence-corrected chi connectivity index (χ1v) is 5.56. The molecule has 0 aromatic carbocycles. The van der Waals surface area contributed by atoms with Crippen LogP contribution in [-0.4, -0.2) is 17.1 Å². The molecule has 0 aliphatic carbocycles. The van der Waals surface area contributed by atoms with E-state index in [4.69, 9.17) is 5.11 Å². The molecule has 0 radical (unpaired) electrons. The van der Waals surface area contributed by atoms with E-state index in [1.165, 1.54) is 0 Å². The Morgan fingerprint density at radius 2 is 1.23 bits per heavy atom. The molecule has 11 heteroatoms. The van der Waals surface area contributed by atoms with E-state index in [1.807, 2.05) is 0 Å². The van der Waals surface area contributed by atoms with Gasteiger partial charge in [-0.3, -0.25) is 0 Å². The molecule has 0 aliphatic heterocycles. The summed E-state index contributed by atoms with van der Waals surface area (Å²) in [5, 5.41) is 5.31. The minimum atomic E-state index is -5.54. The first kappa shape index (κ1) is 20.0. The molecule has 0 saturated carbocycles. The van der Waals surface area contributed by atoms with Gasteiger partial charge in [-0.05, 0) is 0 Å². The van der Waals surface area contributed by atoms with Crippen molar-refractivity contribution < 1.29 is 72.8 Å². The summed E-state index contributed by atoms with van der Waals surface area (Å²) in [6, 6.07) is 0. The molecule has 0 atom stereocenters. The number of rotatable bonds is 3. The Balaban J connectivity index is -0.000000500. The van der Waals surface area contributed by atoms with Gasteiger partial charge in [-0.15, -0.1) is 0 Å². The molecule has 0 unspecified atom stereocenters. The molecule has 0 fully saturated rings. The van der Waals surface area contributed by atoms with E-state index >= 15 is 0 Å². The van der Waals surface area contributed by atoms with Gasteiger partial charge in [0.05, 0.1) is 6.61 Å². The van der Waals surface area contributed by atoms with Crippen molar-refractivity contribution >= 4 is 15.2 Å². The van der Waals surface area contributed by atoms with Crippen LogP contribution in [0, 0.1) is 0 Å². The van der Waals surface area contributed by atoms with Crippen LogP contribution in [0.15, 0.2) is 0 Å². The molecule has 13 heavy (non-hydrogen) atoms. The van der Waals surface area contributed by atoms with Crippen LogP contribution in [0.4, 0.5) is 0 Å². The molecule has 0 heterocycles. The quantitative estimate of drug-likeness (QED) is 0.410. The Hall–Kier alpha value is 1.51. The first-order chi connectivity index (χ1) is 4.69. The van der Waals surface area contributed by atoms with Gasteiger partial charge in [0.2, 0.25) is 0 Å². The summed E-state index contributed by atoms with van der Waals surface area (Å²) in [4.78, 5) is 39.8. The fourth-order valence-electron chi connectivity index (χ4n) is 0.373. The van der Waals surface area contributed by atoms with E-state index in [0.717, 1.165) is 0 Å². The van der Waals surface area contributed by atoms with Gasteiger partial charge in [0.15, 0.2) is 0 Å². The second-order valence-corrected chi connectivity index (χ2v) is 5.56. The summed E-state index contributed by atoms with van der Waals surface area (Å²) in [5.74, 6) is 0. The number of aliphatic hydroxyl groups is 1. The van der Waals surface area contributed by atoms with Gasteiger partial charge in [-0.25, -0.2) is 0 Å². The van der Waals surface area contributed by atoms with Crippen LogP contribution in [0.25, 0.3) is 0 Å². The van der Waals surface area contributed by atoms with Gasteiger partial charge in [-0.1, -0.05) is 15.2 Å². The van der Waals surface area contributed by atoms with Crippen molar-refractivity contribution in [3.05, 3.63) is 0 Å². The van der Waals surface area contributed by atoms with Gasteiger partial charge in [0.1, 0.15) is 0 Å². The second-order valence-electron chi connectivity index (χ2n) is 1.74. The predicted octanol–water partition coefficient (Wildman–Crippen LogP) is -3.87. The molecule has 0 aromatic heterocycles. The summed E-state index contributed by atoms with van der Waals surface area (Å²) in [5.41, 5.74) is 0. The van der Waals surface area contributed by atoms with Crippen LogP contribution in [-0.2, 0) is 48.1 Å². The van der Waals surface area contributed by atoms with E-state index in [9.17, 15) is 28.7 Å². The average Bonchev–Trinajstić information content (AvgIpc) is 1.56. The average molecular weight is 333 g/mol. The zero-order chi connectivity index (χ0) is 9.28. The summed E-state index contributed by atoms with van der Waals surface area (Å²) < 4.78 is 19.9. The van der Waals surface area contributed by atoms with Crippen molar-refractivity contribution in [1.82, 2.24) is 0 Å². The van der Waals surface area contributed by atoms with Crippen LogP contribution in [0.3, 0.4) is 0 Å². The van der Waals surface area contributed by atoms with Crippen LogP contribution in [0.1, 0.15) is 0 Å². The Morgan fingerprint density at radius 1 is 1.00 bits per heavy atom. The van der Waals surface area contributed by atoms with E-state index in [2.05, 4.69) is 0 Å². The maximum atomic E-state index is 9.95. The Labute approximate surface area is 99.8 Å². The van der Waals surface area contributed by atoms with Crippen LogP contribution < -0.4 is 19.6 Å². The van der Waals surface area contributed by atoms with Crippen molar-refractivity contribution in [3.63, 3.8) is 0 Å². The van der Waals surface area contributed by atoms with Crippen molar-refractivity contribution in [1.29, 1.82) is 0 Å². The van der Waals surface area contributed by atoms with Crippen molar-refractivity contribution in [2.45, 2.75) is 5.40 Å². The summed E-state index contributed by atoms with van der Waals surface area (Å²) >= 11 is 0. The molecule has 68 valence electrons. The second kappa shape index (κ2) is 6.89.